The third-order valence-electron chi connectivity index (χ3n) is 8.59. The van der Waals surface area contributed by atoms with Gasteiger partial charge in [-0.25, -0.2) is 0 Å². The highest BCUT2D eigenvalue weighted by atomic mass is 16.3. The van der Waals surface area contributed by atoms with Gasteiger partial charge in [-0.1, -0.05) is 13.8 Å². The fraction of sp³-hybridized carbons (Fsp3) is 1.00. The van der Waals surface area contributed by atoms with Crippen LogP contribution in [-0.2, 0) is 0 Å². The lowest BCUT2D eigenvalue weighted by Gasteiger charge is -2.60. The highest BCUT2D eigenvalue weighted by Crippen LogP contribution is 2.66. The maximum Gasteiger partial charge on any atom is 0.0596 e. The first kappa shape index (κ1) is 14.5. The Kier molecular flexibility index (Phi) is 3.25. The molecule has 2 N–H and O–H groups in total. The van der Waals surface area contributed by atoms with Crippen LogP contribution in [0.15, 0.2) is 0 Å². The Morgan fingerprint density at radius 3 is 2.29 bits per heavy atom. The second-order valence-corrected chi connectivity index (χ2v) is 9.22. The van der Waals surface area contributed by atoms with E-state index in [0.29, 0.717) is 5.41 Å². The molecule has 8 atom stereocenters. The predicted molar refractivity (Wildman–Crippen MR) is 83.7 cm³/mol. The van der Waals surface area contributed by atoms with Crippen LogP contribution in [0.1, 0.15) is 71.6 Å². The lowest BCUT2D eigenvalue weighted by atomic mass is 9.45. The molecule has 120 valence electrons. The van der Waals surface area contributed by atoms with Crippen molar-refractivity contribution in [2.75, 3.05) is 0 Å². The van der Waals surface area contributed by atoms with Crippen molar-refractivity contribution < 1.29 is 10.2 Å². The largest absolute Gasteiger partial charge is 0.393 e. The fourth-order valence-electron chi connectivity index (χ4n) is 7.21. The van der Waals surface area contributed by atoms with Gasteiger partial charge >= 0.3 is 0 Å². The Morgan fingerprint density at radius 1 is 0.762 bits per heavy atom. The first-order chi connectivity index (χ1) is 9.95. The Labute approximate surface area is 129 Å². The van der Waals surface area contributed by atoms with Crippen molar-refractivity contribution in [1.82, 2.24) is 0 Å². The molecule has 4 saturated carbocycles. The molecular weight excluding hydrogens is 260 g/mol. The molecule has 0 bridgehead atoms. The summed E-state index contributed by atoms with van der Waals surface area (Å²) >= 11 is 0. The summed E-state index contributed by atoms with van der Waals surface area (Å²) in [6.45, 7) is 4.90. The quantitative estimate of drug-likeness (QED) is 0.714. The van der Waals surface area contributed by atoms with E-state index in [2.05, 4.69) is 13.8 Å². The van der Waals surface area contributed by atoms with Crippen molar-refractivity contribution in [2.45, 2.75) is 83.8 Å². The summed E-state index contributed by atoms with van der Waals surface area (Å²) in [7, 11) is 0. The highest BCUT2D eigenvalue weighted by molar-refractivity contribution is 5.09. The van der Waals surface area contributed by atoms with E-state index in [9.17, 15) is 10.2 Å². The molecule has 4 fully saturated rings. The van der Waals surface area contributed by atoms with Gasteiger partial charge in [-0.2, -0.15) is 0 Å². The summed E-state index contributed by atoms with van der Waals surface area (Å²) in [5.41, 5.74) is 0.676. The molecule has 0 aromatic carbocycles. The predicted octanol–water partition coefficient (Wildman–Crippen LogP) is 3.75. The molecule has 21 heavy (non-hydrogen) atoms. The third-order valence-corrected chi connectivity index (χ3v) is 8.59. The molecule has 4 aliphatic rings. The van der Waals surface area contributed by atoms with E-state index >= 15 is 0 Å². The van der Waals surface area contributed by atoms with Gasteiger partial charge in [0.2, 0.25) is 0 Å². The average molecular weight is 292 g/mol. The van der Waals surface area contributed by atoms with Crippen LogP contribution >= 0.6 is 0 Å². The lowest BCUT2D eigenvalue weighted by Crippen LogP contribution is -2.54. The summed E-state index contributed by atoms with van der Waals surface area (Å²) in [4.78, 5) is 0. The van der Waals surface area contributed by atoms with Crippen molar-refractivity contribution in [3.63, 3.8) is 0 Å². The number of aliphatic hydroxyl groups excluding tert-OH is 2. The molecule has 0 unspecified atom stereocenters. The molecule has 0 aromatic rings. The zero-order valence-electron chi connectivity index (χ0n) is 13.7. The zero-order valence-corrected chi connectivity index (χ0v) is 13.7. The zero-order chi connectivity index (χ0) is 14.8. The summed E-state index contributed by atoms with van der Waals surface area (Å²) < 4.78 is 0. The molecule has 2 heteroatoms. The Balaban J connectivity index is 1.62. The van der Waals surface area contributed by atoms with Gasteiger partial charge in [0.1, 0.15) is 0 Å². The molecule has 0 amide bonds. The number of hydrogen-bond acceptors (Lipinski definition) is 2. The SMILES string of the molecule is C[C@]12CC[C@H](O)C[C@@H]1CC[C@H]1[C@H]2CC[C@]2(C)[C@@H]1CC[C@@H]2O. The minimum absolute atomic E-state index is 0.0400. The molecule has 4 rings (SSSR count). The van der Waals surface area contributed by atoms with Gasteiger partial charge in [-0.05, 0) is 92.3 Å². The normalized spacial score (nSPS) is 60.0. The van der Waals surface area contributed by atoms with Crippen LogP contribution in [0.3, 0.4) is 0 Å². The lowest BCUT2D eigenvalue weighted by molar-refractivity contribution is -0.133. The standard InChI is InChI=1S/C19H32O2/c1-18-9-7-13(20)11-12(18)3-4-14-15-5-6-17(21)19(15,2)10-8-16(14)18/h12-17,20-21H,3-11H2,1-2H3/t12-,13-,14+,15+,16+,17-,18-,19+/m0/s1. The number of aliphatic hydroxyl groups is 2. The van der Waals surface area contributed by atoms with Crippen LogP contribution in [0.5, 0.6) is 0 Å². The second-order valence-electron chi connectivity index (χ2n) is 9.22. The number of hydrogen-bond donors (Lipinski definition) is 2. The minimum Gasteiger partial charge on any atom is -0.393 e. The van der Waals surface area contributed by atoms with E-state index in [0.717, 1.165) is 42.9 Å². The minimum atomic E-state index is -0.0536. The molecule has 0 heterocycles. The van der Waals surface area contributed by atoms with Gasteiger partial charge in [0.25, 0.3) is 0 Å². The fourth-order valence-corrected chi connectivity index (χ4v) is 7.21. The number of rotatable bonds is 0. The van der Waals surface area contributed by atoms with Crippen LogP contribution in [0.2, 0.25) is 0 Å². The highest BCUT2D eigenvalue weighted by Gasteiger charge is 2.59. The van der Waals surface area contributed by atoms with E-state index in [1.165, 1.54) is 38.5 Å². The van der Waals surface area contributed by atoms with Crippen molar-refractivity contribution in [3.05, 3.63) is 0 Å². The van der Waals surface area contributed by atoms with Gasteiger partial charge < -0.3 is 10.2 Å². The first-order valence-electron chi connectivity index (χ1n) is 9.31. The first-order valence-corrected chi connectivity index (χ1v) is 9.31. The molecule has 4 aliphatic carbocycles. The summed E-state index contributed by atoms with van der Waals surface area (Å²) in [5, 5.41) is 20.5. The average Bonchev–Trinajstić information content (AvgIpc) is 2.76. The molecule has 0 radical (unpaired) electrons. The molecule has 0 aromatic heterocycles. The monoisotopic (exact) mass is 292 g/mol. The summed E-state index contributed by atoms with van der Waals surface area (Å²) in [6.07, 6.45) is 10.7. The van der Waals surface area contributed by atoms with Crippen molar-refractivity contribution >= 4 is 0 Å². The van der Waals surface area contributed by atoms with Gasteiger partial charge in [0.05, 0.1) is 12.2 Å². The molecule has 0 aliphatic heterocycles. The van der Waals surface area contributed by atoms with Gasteiger partial charge in [0, 0.05) is 0 Å². The Hall–Kier alpha value is -0.0800. The maximum absolute atomic E-state index is 10.5. The Bertz CT molecular complexity index is 422. The van der Waals surface area contributed by atoms with Gasteiger partial charge in [-0.3, -0.25) is 0 Å². The number of fused-ring (bicyclic) bond motifs is 5. The van der Waals surface area contributed by atoms with Crippen LogP contribution in [0, 0.1) is 34.5 Å². The molecular formula is C19H32O2. The summed E-state index contributed by atoms with van der Waals surface area (Å²) in [5.74, 6) is 3.21. The van der Waals surface area contributed by atoms with Gasteiger partial charge in [0.15, 0.2) is 0 Å². The van der Waals surface area contributed by atoms with Crippen LogP contribution < -0.4 is 0 Å². The maximum atomic E-state index is 10.5. The second kappa shape index (κ2) is 4.71. The van der Waals surface area contributed by atoms with Crippen LogP contribution in [0.25, 0.3) is 0 Å². The van der Waals surface area contributed by atoms with Crippen molar-refractivity contribution in [1.29, 1.82) is 0 Å². The summed E-state index contributed by atoms with van der Waals surface area (Å²) in [6, 6.07) is 0. The molecule has 0 spiro atoms. The van der Waals surface area contributed by atoms with E-state index in [4.69, 9.17) is 0 Å². The van der Waals surface area contributed by atoms with Crippen molar-refractivity contribution in [3.8, 4) is 0 Å². The van der Waals surface area contributed by atoms with Gasteiger partial charge in [-0.15, -0.1) is 0 Å². The third kappa shape index (κ3) is 1.91. The van der Waals surface area contributed by atoms with E-state index < -0.39 is 0 Å². The van der Waals surface area contributed by atoms with E-state index in [-0.39, 0.29) is 17.6 Å². The van der Waals surface area contributed by atoms with E-state index in [1.807, 2.05) is 0 Å². The van der Waals surface area contributed by atoms with E-state index in [1.54, 1.807) is 0 Å². The Morgan fingerprint density at radius 2 is 1.48 bits per heavy atom. The topological polar surface area (TPSA) is 40.5 Å². The molecule has 2 nitrogen and oxygen atoms in total. The van der Waals surface area contributed by atoms with Crippen molar-refractivity contribution in [2.24, 2.45) is 34.5 Å². The van der Waals surface area contributed by atoms with Crippen LogP contribution in [-0.4, -0.2) is 22.4 Å². The molecule has 0 saturated heterocycles. The smallest absolute Gasteiger partial charge is 0.0596 e. The van der Waals surface area contributed by atoms with Crippen LogP contribution in [0.4, 0.5) is 0 Å².